The van der Waals surface area contributed by atoms with E-state index in [1.807, 2.05) is 36.4 Å². The lowest BCUT2D eigenvalue weighted by molar-refractivity contribution is -0.130. The fourth-order valence-electron chi connectivity index (χ4n) is 3.98. The first-order chi connectivity index (χ1) is 18.7. The van der Waals surface area contributed by atoms with E-state index in [1.54, 1.807) is 6.92 Å². The standard InChI is InChI=1S/C23H27N3O5.C5H4O3/c1-14(21(27)24-13-30-3)25-22(28)15(2)26-23(29)31-12-20-18-10-6-4-8-16(18)17-9-5-7-11-19(17)20;6-5(7)4-2-1-3-8-4/h4-11,14-15,20H,12-13H2,1-3H3,(H,24,27)(H,25,28)(H,26,29);1-3H,(H,6,7)/t14-,15-;/m0./s1. The van der Waals surface area contributed by atoms with Crippen molar-refractivity contribution in [2.24, 2.45) is 0 Å². The number of benzene rings is 2. The maximum Gasteiger partial charge on any atom is 0.407 e. The number of hydrogen-bond donors (Lipinski definition) is 4. The van der Waals surface area contributed by atoms with Crippen molar-refractivity contribution in [3.8, 4) is 11.1 Å². The van der Waals surface area contributed by atoms with E-state index in [0.29, 0.717) is 0 Å². The van der Waals surface area contributed by atoms with Gasteiger partial charge in [0, 0.05) is 13.0 Å². The third kappa shape index (κ3) is 7.68. The predicted octanol–water partition coefficient (Wildman–Crippen LogP) is 3.12. The van der Waals surface area contributed by atoms with Crippen LogP contribution in [0.1, 0.15) is 41.4 Å². The molecule has 2 aromatic carbocycles. The number of nitrogens with one attached hydrogen (secondary N) is 3. The van der Waals surface area contributed by atoms with Crippen LogP contribution in [-0.2, 0) is 19.1 Å². The summed E-state index contributed by atoms with van der Waals surface area (Å²) >= 11 is 0. The highest BCUT2D eigenvalue weighted by Crippen LogP contribution is 2.44. The van der Waals surface area contributed by atoms with Gasteiger partial charge in [-0.15, -0.1) is 0 Å². The van der Waals surface area contributed by atoms with Gasteiger partial charge < -0.3 is 34.9 Å². The van der Waals surface area contributed by atoms with Crippen LogP contribution in [0.25, 0.3) is 11.1 Å². The van der Waals surface area contributed by atoms with E-state index >= 15 is 0 Å². The zero-order valence-electron chi connectivity index (χ0n) is 21.8. The molecule has 3 aromatic rings. The molecule has 11 nitrogen and oxygen atoms in total. The van der Waals surface area contributed by atoms with Crippen LogP contribution in [0.15, 0.2) is 71.3 Å². The average molecular weight is 538 g/mol. The van der Waals surface area contributed by atoms with Crippen molar-refractivity contribution < 1.29 is 38.2 Å². The molecule has 206 valence electrons. The van der Waals surface area contributed by atoms with E-state index in [1.165, 1.54) is 32.4 Å². The van der Waals surface area contributed by atoms with Gasteiger partial charge in [-0.25, -0.2) is 9.59 Å². The molecule has 1 aliphatic carbocycles. The molecule has 0 fully saturated rings. The molecule has 4 N–H and O–H groups in total. The lowest BCUT2D eigenvalue weighted by Gasteiger charge is -2.19. The van der Waals surface area contributed by atoms with E-state index in [-0.39, 0.29) is 30.9 Å². The molecule has 0 aliphatic heterocycles. The first-order valence-corrected chi connectivity index (χ1v) is 12.2. The zero-order chi connectivity index (χ0) is 28.4. The Hall–Kier alpha value is -4.64. The Balaban J connectivity index is 0.000000449. The molecule has 1 aliphatic rings. The molecule has 4 rings (SSSR count). The number of methoxy groups -OCH3 is 1. The summed E-state index contributed by atoms with van der Waals surface area (Å²) in [5.41, 5.74) is 4.50. The minimum Gasteiger partial charge on any atom is -0.475 e. The van der Waals surface area contributed by atoms with Crippen molar-refractivity contribution in [3.63, 3.8) is 0 Å². The van der Waals surface area contributed by atoms with Crippen LogP contribution in [0, 0.1) is 0 Å². The van der Waals surface area contributed by atoms with Crippen molar-refractivity contribution in [3.05, 3.63) is 83.8 Å². The number of aromatic carboxylic acids is 1. The van der Waals surface area contributed by atoms with E-state index in [0.717, 1.165) is 22.3 Å². The molecule has 0 bridgehead atoms. The van der Waals surface area contributed by atoms with Crippen LogP contribution in [0.2, 0.25) is 0 Å². The average Bonchev–Trinajstić information content (AvgIpc) is 3.58. The third-order valence-corrected chi connectivity index (χ3v) is 5.95. The van der Waals surface area contributed by atoms with Crippen molar-refractivity contribution in [2.45, 2.75) is 31.8 Å². The van der Waals surface area contributed by atoms with Crippen LogP contribution in [-0.4, -0.2) is 61.5 Å². The summed E-state index contributed by atoms with van der Waals surface area (Å²) in [6.07, 6.45) is 0.629. The van der Waals surface area contributed by atoms with Gasteiger partial charge in [0.15, 0.2) is 0 Å². The van der Waals surface area contributed by atoms with Crippen LogP contribution in [0.3, 0.4) is 0 Å². The number of carboxylic acids is 1. The van der Waals surface area contributed by atoms with E-state index in [9.17, 15) is 19.2 Å². The summed E-state index contributed by atoms with van der Waals surface area (Å²) in [4.78, 5) is 46.3. The minimum absolute atomic E-state index is 0.0231. The number of fused-ring (bicyclic) bond motifs is 3. The van der Waals surface area contributed by atoms with Gasteiger partial charge in [0.2, 0.25) is 17.6 Å². The first kappa shape index (κ1) is 28.9. The van der Waals surface area contributed by atoms with Crippen LogP contribution in [0.4, 0.5) is 4.79 Å². The normalized spacial score (nSPS) is 13.0. The number of ether oxygens (including phenoxy) is 2. The molecule has 0 unspecified atom stereocenters. The van der Waals surface area contributed by atoms with Crippen LogP contribution < -0.4 is 16.0 Å². The maximum absolute atomic E-state index is 12.3. The smallest absolute Gasteiger partial charge is 0.407 e. The van der Waals surface area contributed by atoms with Gasteiger partial charge in [0.25, 0.3) is 0 Å². The Morgan fingerprint density at radius 2 is 1.46 bits per heavy atom. The quantitative estimate of drug-likeness (QED) is 0.303. The number of hydrogen-bond acceptors (Lipinski definition) is 7. The number of carboxylic acid groups (broad SMARTS) is 1. The molecule has 39 heavy (non-hydrogen) atoms. The van der Waals surface area contributed by atoms with E-state index in [2.05, 4.69) is 32.5 Å². The highest BCUT2D eigenvalue weighted by molar-refractivity contribution is 5.90. The number of carbonyl (C=O) groups is 4. The highest BCUT2D eigenvalue weighted by atomic mass is 16.5. The second kappa shape index (κ2) is 13.8. The Morgan fingerprint density at radius 1 is 0.872 bits per heavy atom. The molecular formula is C28H31N3O8. The van der Waals surface area contributed by atoms with Crippen molar-refractivity contribution in [2.75, 3.05) is 20.4 Å². The second-order valence-corrected chi connectivity index (χ2v) is 8.68. The summed E-state index contributed by atoms with van der Waals surface area (Å²) in [6.45, 7) is 3.27. The van der Waals surface area contributed by atoms with Gasteiger partial charge >= 0.3 is 12.1 Å². The topological polar surface area (TPSA) is 156 Å². The molecule has 1 heterocycles. The summed E-state index contributed by atoms with van der Waals surface area (Å²) < 4.78 is 14.7. The lowest BCUT2D eigenvalue weighted by atomic mass is 9.98. The van der Waals surface area contributed by atoms with Gasteiger partial charge in [0.1, 0.15) is 25.4 Å². The number of amides is 3. The van der Waals surface area contributed by atoms with Crippen LogP contribution >= 0.6 is 0 Å². The zero-order valence-corrected chi connectivity index (χ0v) is 21.8. The second-order valence-electron chi connectivity index (χ2n) is 8.68. The minimum atomic E-state index is -1.03. The number of carbonyl (C=O) groups excluding carboxylic acids is 3. The lowest BCUT2D eigenvalue weighted by Crippen LogP contribution is -2.52. The van der Waals surface area contributed by atoms with Gasteiger partial charge in [-0.2, -0.15) is 0 Å². The molecule has 3 amide bonds. The summed E-state index contributed by atoms with van der Waals surface area (Å²) in [6, 6.07) is 17.4. The van der Waals surface area contributed by atoms with Crippen molar-refractivity contribution >= 4 is 23.9 Å². The SMILES string of the molecule is COCNC(=O)[C@H](C)NC(=O)[C@H](C)NC(=O)OCC1c2ccccc2-c2ccccc21.O=C(O)c1ccco1. The molecular weight excluding hydrogens is 506 g/mol. The molecule has 2 atom stereocenters. The van der Waals surface area contributed by atoms with Gasteiger partial charge in [0.05, 0.1) is 6.26 Å². The highest BCUT2D eigenvalue weighted by Gasteiger charge is 2.29. The number of furan rings is 1. The Labute approximate surface area is 225 Å². The van der Waals surface area contributed by atoms with Crippen molar-refractivity contribution in [1.82, 2.24) is 16.0 Å². The van der Waals surface area contributed by atoms with E-state index in [4.69, 9.17) is 14.6 Å². The van der Waals surface area contributed by atoms with Crippen molar-refractivity contribution in [1.29, 1.82) is 0 Å². The Kier molecular flexibility index (Phi) is 10.2. The molecule has 0 saturated carbocycles. The van der Waals surface area contributed by atoms with Gasteiger partial charge in [-0.05, 0) is 48.2 Å². The number of alkyl carbamates (subject to hydrolysis) is 1. The first-order valence-electron chi connectivity index (χ1n) is 12.2. The summed E-state index contributed by atoms with van der Waals surface area (Å²) in [5, 5.41) is 15.7. The monoisotopic (exact) mass is 537 g/mol. The largest absolute Gasteiger partial charge is 0.475 e. The molecule has 1 aromatic heterocycles. The van der Waals surface area contributed by atoms with Crippen LogP contribution in [0.5, 0.6) is 0 Å². The van der Waals surface area contributed by atoms with E-state index < -0.39 is 30.1 Å². The maximum atomic E-state index is 12.3. The fraction of sp³-hybridized carbons (Fsp3) is 0.286. The summed E-state index contributed by atoms with van der Waals surface area (Å²) in [7, 11) is 1.45. The fourth-order valence-corrected chi connectivity index (χ4v) is 3.98. The molecule has 11 heteroatoms. The van der Waals surface area contributed by atoms with Gasteiger partial charge in [-0.1, -0.05) is 48.5 Å². The Bertz CT molecular complexity index is 1250. The Morgan fingerprint density at radius 3 is 1.97 bits per heavy atom. The molecule has 0 radical (unpaired) electrons. The van der Waals surface area contributed by atoms with Gasteiger partial charge in [-0.3, -0.25) is 9.59 Å². The predicted molar refractivity (Wildman–Crippen MR) is 141 cm³/mol. The number of rotatable bonds is 9. The summed E-state index contributed by atoms with van der Waals surface area (Å²) in [5.74, 6) is -2.00. The third-order valence-electron chi connectivity index (χ3n) is 5.95. The molecule has 0 saturated heterocycles. The molecule has 0 spiro atoms.